The van der Waals surface area contributed by atoms with Crippen molar-refractivity contribution in [3.63, 3.8) is 0 Å². The number of carbonyl (C=O) groups excluding carboxylic acids is 2. The fourth-order valence-corrected chi connectivity index (χ4v) is 7.04. The van der Waals surface area contributed by atoms with E-state index in [0.29, 0.717) is 30.2 Å². The van der Waals surface area contributed by atoms with Crippen molar-refractivity contribution in [2.24, 2.45) is 11.3 Å². The molecule has 1 amide bonds. The van der Waals surface area contributed by atoms with Gasteiger partial charge in [0, 0.05) is 29.8 Å². The van der Waals surface area contributed by atoms with Gasteiger partial charge in [0.15, 0.2) is 11.3 Å². The molecule has 1 aromatic heterocycles. The molecular formula is C33H47NO11. The third-order valence-electron chi connectivity index (χ3n) is 9.50. The first-order chi connectivity index (χ1) is 21.6. The van der Waals surface area contributed by atoms with Gasteiger partial charge in [0.1, 0.15) is 24.4 Å². The highest BCUT2D eigenvalue weighted by molar-refractivity contribution is 5.93. The molecule has 5 N–H and O–H groups in total. The molecule has 3 heterocycles. The molecule has 5 rings (SSSR count). The molecule has 2 aliphatic heterocycles. The Morgan fingerprint density at radius 2 is 1.89 bits per heavy atom. The lowest BCUT2D eigenvalue weighted by Gasteiger charge is -2.39. The molecule has 45 heavy (non-hydrogen) atoms. The van der Waals surface area contributed by atoms with E-state index in [2.05, 4.69) is 19.2 Å². The van der Waals surface area contributed by atoms with E-state index in [4.69, 9.17) is 23.4 Å². The van der Waals surface area contributed by atoms with E-state index < -0.39 is 48.7 Å². The molecule has 0 bridgehead atoms. The number of aryl methyl sites for hydroxylation is 1. The Bertz CT molecular complexity index is 1330. The van der Waals surface area contributed by atoms with E-state index in [0.717, 1.165) is 49.5 Å². The van der Waals surface area contributed by atoms with Gasteiger partial charge in [-0.15, -0.1) is 0 Å². The zero-order valence-corrected chi connectivity index (χ0v) is 26.3. The maximum Gasteiger partial charge on any atom is 0.306 e. The summed E-state index contributed by atoms with van der Waals surface area (Å²) in [6.07, 6.45) is -0.444. The molecule has 3 fully saturated rings. The van der Waals surface area contributed by atoms with Crippen molar-refractivity contribution in [2.75, 3.05) is 26.4 Å². The van der Waals surface area contributed by atoms with Crippen LogP contribution in [0.2, 0.25) is 0 Å². The summed E-state index contributed by atoms with van der Waals surface area (Å²) < 4.78 is 29.7. The molecule has 12 heteroatoms. The number of furan rings is 1. The molecule has 6 unspecified atom stereocenters. The third-order valence-corrected chi connectivity index (χ3v) is 9.50. The average Bonchev–Trinajstić information content (AvgIpc) is 3.75. The number of benzene rings is 1. The predicted octanol–water partition coefficient (Wildman–Crippen LogP) is 2.70. The van der Waals surface area contributed by atoms with Gasteiger partial charge in [0.25, 0.3) is 0 Å². The molecule has 1 saturated carbocycles. The molecule has 2 aromatic rings. The van der Waals surface area contributed by atoms with Crippen LogP contribution in [0.25, 0.3) is 11.0 Å². The van der Waals surface area contributed by atoms with E-state index in [1.807, 2.05) is 6.07 Å². The van der Waals surface area contributed by atoms with Crippen LogP contribution in [-0.2, 0) is 25.5 Å². The first kappa shape index (κ1) is 33.5. The first-order valence-electron chi connectivity index (χ1n) is 16.2. The van der Waals surface area contributed by atoms with Crippen LogP contribution < -0.4 is 14.8 Å². The summed E-state index contributed by atoms with van der Waals surface area (Å²) in [4.78, 5) is 25.6. The Kier molecular flexibility index (Phi) is 10.6. The number of amides is 1. The highest BCUT2D eigenvalue weighted by atomic mass is 16.7. The second kappa shape index (κ2) is 14.3. The number of aliphatic hydroxyl groups is 4. The van der Waals surface area contributed by atoms with Crippen LogP contribution >= 0.6 is 0 Å². The fourth-order valence-electron chi connectivity index (χ4n) is 7.04. The molecule has 1 spiro atoms. The van der Waals surface area contributed by atoms with E-state index in [-0.39, 0.29) is 42.8 Å². The number of carbonyl (C=O) groups is 2. The highest BCUT2D eigenvalue weighted by Crippen LogP contribution is 2.54. The Morgan fingerprint density at radius 1 is 1.13 bits per heavy atom. The number of aliphatic hydroxyl groups excluding tert-OH is 4. The zero-order chi connectivity index (χ0) is 32.3. The van der Waals surface area contributed by atoms with Crippen molar-refractivity contribution in [3.05, 3.63) is 23.5 Å². The van der Waals surface area contributed by atoms with Crippen LogP contribution in [0, 0.1) is 11.3 Å². The van der Waals surface area contributed by atoms with Crippen LogP contribution in [-0.4, -0.2) is 89.4 Å². The van der Waals surface area contributed by atoms with Gasteiger partial charge >= 0.3 is 5.97 Å². The van der Waals surface area contributed by atoms with Crippen molar-refractivity contribution in [1.82, 2.24) is 5.32 Å². The van der Waals surface area contributed by atoms with E-state index >= 15 is 0 Å². The number of hydrogen-bond acceptors (Lipinski definition) is 11. The summed E-state index contributed by atoms with van der Waals surface area (Å²) in [6.45, 7) is 6.39. The number of rotatable bonds is 13. The summed E-state index contributed by atoms with van der Waals surface area (Å²) >= 11 is 0. The lowest BCUT2D eigenvalue weighted by Crippen LogP contribution is -2.60. The Hall–Kier alpha value is -2.90. The second-order valence-electron chi connectivity index (χ2n) is 12.9. The van der Waals surface area contributed by atoms with Crippen LogP contribution in [0.5, 0.6) is 11.5 Å². The van der Waals surface area contributed by atoms with Crippen LogP contribution in [0.1, 0.15) is 82.8 Å². The van der Waals surface area contributed by atoms with Crippen molar-refractivity contribution < 1.29 is 53.4 Å². The van der Waals surface area contributed by atoms with Crippen molar-refractivity contribution in [1.29, 1.82) is 0 Å². The topological polar surface area (TPSA) is 177 Å². The SMILES string of the molecule is CCOC(=O)CCc1cc2c(C3CNC(=O)C34CCCC4)coc2c(OCCCC(C)C)c1OC1OC(CO)C(O)C(O)C1O. The summed E-state index contributed by atoms with van der Waals surface area (Å²) in [7, 11) is 0. The minimum absolute atomic E-state index is 0.0256. The zero-order valence-electron chi connectivity index (χ0n) is 26.3. The van der Waals surface area contributed by atoms with E-state index in [9.17, 15) is 30.0 Å². The van der Waals surface area contributed by atoms with Crippen LogP contribution in [0.15, 0.2) is 16.7 Å². The third kappa shape index (κ3) is 6.66. The van der Waals surface area contributed by atoms with Gasteiger partial charge in [0.2, 0.25) is 17.9 Å². The monoisotopic (exact) mass is 633 g/mol. The molecule has 1 aliphatic carbocycles. The Labute approximate surface area is 263 Å². The molecule has 12 nitrogen and oxygen atoms in total. The first-order valence-corrected chi connectivity index (χ1v) is 16.2. The molecule has 6 atom stereocenters. The lowest BCUT2D eigenvalue weighted by atomic mass is 9.72. The minimum atomic E-state index is -1.66. The minimum Gasteiger partial charge on any atom is -0.486 e. The molecular weight excluding hydrogens is 586 g/mol. The highest BCUT2D eigenvalue weighted by Gasteiger charge is 2.53. The van der Waals surface area contributed by atoms with Crippen LogP contribution in [0.3, 0.4) is 0 Å². The predicted molar refractivity (Wildman–Crippen MR) is 162 cm³/mol. The molecule has 250 valence electrons. The summed E-state index contributed by atoms with van der Waals surface area (Å²) in [5.74, 6) is 0.402. The van der Waals surface area contributed by atoms with Crippen LogP contribution in [0.4, 0.5) is 0 Å². The van der Waals surface area contributed by atoms with Crippen molar-refractivity contribution in [3.8, 4) is 11.5 Å². The standard InChI is InChI=1S/C33H47NO11/c1-4-41-24(36)10-9-19-14-20-21(22-15-34-32(40)33(22)11-5-6-12-33)17-43-29(20)30(42-13-7-8-18(2)3)28(19)45-31-27(39)26(38)25(37)23(16-35)44-31/h14,17-18,22-23,25-27,31,35,37-39H,4-13,15-16H2,1-3H3,(H,34,40). The van der Waals surface area contributed by atoms with Gasteiger partial charge in [-0.05, 0) is 56.6 Å². The maximum absolute atomic E-state index is 13.1. The number of hydrogen-bond donors (Lipinski definition) is 5. The number of fused-ring (bicyclic) bond motifs is 1. The van der Waals surface area contributed by atoms with Crippen molar-refractivity contribution in [2.45, 2.75) is 109 Å². The number of esters is 1. The largest absolute Gasteiger partial charge is 0.486 e. The fraction of sp³-hybridized carbons (Fsp3) is 0.697. The number of nitrogens with one attached hydrogen (secondary N) is 1. The van der Waals surface area contributed by atoms with E-state index in [1.165, 1.54) is 0 Å². The Morgan fingerprint density at radius 3 is 2.58 bits per heavy atom. The molecule has 2 saturated heterocycles. The maximum atomic E-state index is 13.1. The van der Waals surface area contributed by atoms with Gasteiger partial charge in [-0.1, -0.05) is 26.7 Å². The second-order valence-corrected chi connectivity index (χ2v) is 12.9. The summed E-state index contributed by atoms with van der Waals surface area (Å²) in [5, 5.41) is 45.1. The smallest absolute Gasteiger partial charge is 0.306 e. The molecule has 0 radical (unpaired) electrons. The quantitative estimate of drug-likeness (QED) is 0.162. The summed E-state index contributed by atoms with van der Waals surface area (Å²) in [6, 6.07) is 1.86. The van der Waals surface area contributed by atoms with E-state index in [1.54, 1.807) is 13.2 Å². The average molecular weight is 634 g/mol. The molecule has 3 aliphatic rings. The summed E-state index contributed by atoms with van der Waals surface area (Å²) in [5.41, 5.74) is 1.30. The van der Waals surface area contributed by atoms with Gasteiger partial charge < -0.3 is 49.1 Å². The Balaban J connectivity index is 1.60. The van der Waals surface area contributed by atoms with Crippen molar-refractivity contribution >= 4 is 22.8 Å². The van der Waals surface area contributed by atoms with Gasteiger partial charge in [-0.3, -0.25) is 9.59 Å². The van der Waals surface area contributed by atoms with Gasteiger partial charge in [-0.25, -0.2) is 0 Å². The number of ether oxygens (including phenoxy) is 4. The van der Waals surface area contributed by atoms with Gasteiger partial charge in [-0.2, -0.15) is 0 Å². The van der Waals surface area contributed by atoms with Gasteiger partial charge in [0.05, 0.1) is 31.5 Å². The lowest BCUT2D eigenvalue weighted by molar-refractivity contribution is -0.277. The normalized spacial score (nSPS) is 27.8. The molecule has 1 aromatic carbocycles.